The van der Waals surface area contributed by atoms with Gasteiger partial charge in [0, 0.05) is 6.42 Å². The molecule has 0 saturated heterocycles. The van der Waals surface area contributed by atoms with Gasteiger partial charge in [0.05, 0.1) is 35.1 Å². The second-order valence-electron chi connectivity index (χ2n) is 13.2. The van der Waals surface area contributed by atoms with Crippen molar-refractivity contribution in [1.82, 2.24) is 0 Å². The number of hydrogen-bond acceptors (Lipinski definition) is 5. The average Bonchev–Trinajstić information content (AvgIpc) is 2.55. The number of carbonyl (C=O) groups excluding carboxylic acids is 1. The summed E-state index contributed by atoms with van der Waals surface area (Å²) in [5.41, 5.74) is -1.09. The molecule has 33 heavy (non-hydrogen) atoms. The van der Waals surface area contributed by atoms with Crippen LogP contribution in [-0.2, 0) is 23.7 Å². The van der Waals surface area contributed by atoms with Crippen LogP contribution in [0.3, 0.4) is 0 Å². The Morgan fingerprint density at radius 2 is 0.879 bits per heavy atom. The van der Waals surface area contributed by atoms with Crippen molar-refractivity contribution in [3.8, 4) is 0 Å². The zero-order chi connectivity index (χ0) is 26.1. The Kier molecular flexibility index (Phi) is 13.2. The van der Waals surface area contributed by atoms with E-state index in [1.807, 2.05) is 20.8 Å². The van der Waals surface area contributed by atoms with Crippen LogP contribution in [0.15, 0.2) is 0 Å². The van der Waals surface area contributed by atoms with Crippen LogP contribution in [0.4, 0.5) is 0 Å². The predicted octanol–water partition coefficient (Wildman–Crippen LogP) is 7.63. The maximum atomic E-state index is 12.3. The average molecular weight is 473 g/mol. The van der Waals surface area contributed by atoms with E-state index in [1.165, 1.54) is 0 Å². The predicted molar refractivity (Wildman–Crippen MR) is 138 cm³/mol. The molecule has 3 unspecified atom stereocenters. The van der Waals surface area contributed by atoms with Crippen molar-refractivity contribution in [2.45, 2.75) is 176 Å². The molecule has 0 spiro atoms. The monoisotopic (exact) mass is 472 g/mol. The molecule has 5 heteroatoms. The molecule has 0 radical (unpaired) electrons. The van der Waals surface area contributed by atoms with Gasteiger partial charge in [-0.1, -0.05) is 6.92 Å². The van der Waals surface area contributed by atoms with Gasteiger partial charge in [0.2, 0.25) is 0 Å². The Bertz CT molecular complexity index is 543. The van der Waals surface area contributed by atoms with Crippen molar-refractivity contribution >= 4 is 5.97 Å². The standard InChI is InChI=1S/C28H56O5/c1-14-21(30-25(2,3)4)15-16-22(31-26(5,6)7)17-18-23(32-27(8,9)10)19-20-24(29)33-28(11,12)13/h21-23H,14-20H2,1-13H3. The minimum atomic E-state index is -0.464. The highest BCUT2D eigenvalue weighted by atomic mass is 16.6. The van der Waals surface area contributed by atoms with Crippen LogP contribution in [0, 0.1) is 0 Å². The van der Waals surface area contributed by atoms with Crippen LogP contribution >= 0.6 is 0 Å². The van der Waals surface area contributed by atoms with E-state index >= 15 is 0 Å². The Labute approximate surface area is 205 Å². The van der Waals surface area contributed by atoms with Crippen molar-refractivity contribution in [3.05, 3.63) is 0 Å². The van der Waals surface area contributed by atoms with Crippen molar-refractivity contribution < 1.29 is 23.7 Å². The Hall–Kier alpha value is -0.650. The molecule has 0 aliphatic carbocycles. The molecule has 0 saturated carbocycles. The molecule has 0 aliphatic rings. The third kappa shape index (κ3) is 20.4. The Balaban J connectivity index is 5.11. The van der Waals surface area contributed by atoms with Gasteiger partial charge in [-0.3, -0.25) is 4.79 Å². The molecule has 0 bridgehead atoms. The summed E-state index contributed by atoms with van der Waals surface area (Å²) in [4.78, 5) is 12.3. The first-order valence-corrected chi connectivity index (χ1v) is 12.9. The molecule has 0 N–H and O–H groups in total. The molecular weight excluding hydrogens is 416 g/mol. The van der Waals surface area contributed by atoms with Gasteiger partial charge in [0.1, 0.15) is 5.60 Å². The van der Waals surface area contributed by atoms with Crippen LogP contribution in [-0.4, -0.2) is 46.7 Å². The smallest absolute Gasteiger partial charge is 0.306 e. The first-order chi connectivity index (χ1) is 14.7. The van der Waals surface area contributed by atoms with Gasteiger partial charge in [-0.2, -0.15) is 0 Å². The summed E-state index contributed by atoms with van der Waals surface area (Å²) in [5, 5.41) is 0. The van der Waals surface area contributed by atoms with E-state index in [-0.39, 0.29) is 41.1 Å². The van der Waals surface area contributed by atoms with E-state index in [0.29, 0.717) is 12.8 Å². The normalized spacial score (nSPS) is 16.4. The summed E-state index contributed by atoms with van der Waals surface area (Å²) in [6, 6.07) is 0. The van der Waals surface area contributed by atoms with Crippen molar-refractivity contribution in [2.75, 3.05) is 0 Å². The van der Waals surface area contributed by atoms with Crippen LogP contribution in [0.2, 0.25) is 0 Å². The lowest BCUT2D eigenvalue weighted by Crippen LogP contribution is -2.33. The van der Waals surface area contributed by atoms with Crippen LogP contribution in [0.1, 0.15) is 135 Å². The number of rotatable bonds is 13. The number of ether oxygens (including phenoxy) is 4. The SMILES string of the molecule is CCC(CCC(CCC(CCC(=O)OC(C)(C)C)OC(C)(C)C)OC(C)(C)C)OC(C)(C)C. The van der Waals surface area contributed by atoms with Crippen molar-refractivity contribution in [3.63, 3.8) is 0 Å². The largest absolute Gasteiger partial charge is 0.460 e. The lowest BCUT2D eigenvalue weighted by molar-refractivity contribution is -0.156. The van der Waals surface area contributed by atoms with Gasteiger partial charge in [-0.05, 0) is 122 Å². The zero-order valence-electron chi connectivity index (χ0n) is 24.2. The topological polar surface area (TPSA) is 54.0 Å². The molecule has 0 amide bonds. The van der Waals surface area contributed by atoms with E-state index < -0.39 is 5.60 Å². The molecule has 0 aromatic heterocycles. The van der Waals surface area contributed by atoms with Crippen LogP contribution in [0.25, 0.3) is 0 Å². The van der Waals surface area contributed by atoms with E-state index in [4.69, 9.17) is 18.9 Å². The minimum absolute atomic E-state index is 0.0172. The summed E-state index contributed by atoms with van der Waals surface area (Å²) in [6.45, 7) is 26.7. The third-order valence-corrected chi connectivity index (χ3v) is 4.73. The molecule has 0 fully saturated rings. The van der Waals surface area contributed by atoms with Gasteiger partial charge in [-0.25, -0.2) is 0 Å². The fraction of sp³-hybridized carbons (Fsp3) is 0.964. The molecule has 0 rings (SSSR count). The molecule has 0 aromatic rings. The molecule has 3 atom stereocenters. The third-order valence-electron chi connectivity index (χ3n) is 4.73. The summed E-state index contributed by atoms with van der Waals surface area (Å²) >= 11 is 0. The second-order valence-corrected chi connectivity index (χ2v) is 13.2. The van der Waals surface area contributed by atoms with E-state index in [0.717, 1.165) is 32.1 Å². The molecule has 0 aliphatic heterocycles. The lowest BCUT2D eigenvalue weighted by atomic mass is 9.99. The number of carbonyl (C=O) groups is 1. The Morgan fingerprint density at radius 3 is 1.21 bits per heavy atom. The molecule has 198 valence electrons. The summed E-state index contributed by atoms with van der Waals surface area (Å²) in [5.74, 6) is -0.169. The van der Waals surface area contributed by atoms with Gasteiger partial charge < -0.3 is 18.9 Å². The number of esters is 1. The van der Waals surface area contributed by atoms with Crippen LogP contribution in [0.5, 0.6) is 0 Å². The highest BCUT2D eigenvalue weighted by molar-refractivity contribution is 5.69. The lowest BCUT2D eigenvalue weighted by Gasteiger charge is -2.33. The van der Waals surface area contributed by atoms with Gasteiger partial charge in [-0.15, -0.1) is 0 Å². The van der Waals surface area contributed by atoms with Crippen LogP contribution < -0.4 is 0 Å². The fourth-order valence-electron chi connectivity index (χ4n) is 3.79. The quantitative estimate of drug-likeness (QED) is 0.258. The van der Waals surface area contributed by atoms with E-state index in [1.54, 1.807) is 0 Å². The molecular formula is C28H56O5. The van der Waals surface area contributed by atoms with Gasteiger partial charge >= 0.3 is 5.97 Å². The summed E-state index contributed by atoms with van der Waals surface area (Å²) in [6.07, 6.45) is 5.98. The highest BCUT2D eigenvalue weighted by Gasteiger charge is 2.26. The van der Waals surface area contributed by atoms with E-state index in [2.05, 4.69) is 69.2 Å². The fourth-order valence-corrected chi connectivity index (χ4v) is 3.79. The highest BCUT2D eigenvalue weighted by Crippen LogP contribution is 2.26. The summed E-state index contributed by atoms with van der Waals surface area (Å²) < 4.78 is 24.5. The first-order valence-electron chi connectivity index (χ1n) is 12.9. The maximum absolute atomic E-state index is 12.3. The van der Waals surface area contributed by atoms with Gasteiger partial charge in [0.25, 0.3) is 0 Å². The maximum Gasteiger partial charge on any atom is 0.306 e. The van der Waals surface area contributed by atoms with Crippen molar-refractivity contribution in [2.24, 2.45) is 0 Å². The Morgan fingerprint density at radius 1 is 0.545 bits per heavy atom. The first kappa shape index (κ1) is 32.4. The number of hydrogen-bond donors (Lipinski definition) is 0. The molecule has 0 heterocycles. The zero-order valence-corrected chi connectivity index (χ0v) is 24.2. The molecule has 5 nitrogen and oxygen atoms in total. The van der Waals surface area contributed by atoms with E-state index in [9.17, 15) is 4.79 Å². The summed E-state index contributed by atoms with van der Waals surface area (Å²) in [7, 11) is 0. The van der Waals surface area contributed by atoms with Gasteiger partial charge in [0.15, 0.2) is 0 Å². The minimum Gasteiger partial charge on any atom is -0.460 e. The second kappa shape index (κ2) is 13.4. The van der Waals surface area contributed by atoms with Crippen molar-refractivity contribution in [1.29, 1.82) is 0 Å². The molecule has 0 aromatic carbocycles.